The van der Waals surface area contributed by atoms with Gasteiger partial charge in [0.2, 0.25) is 0 Å². The second-order valence-electron chi connectivity index (χ2n) is 5.10. The van der Waals surface area contributed by atoms with Crippen LogP contribution in [0, 0.1) is 0 Å². The number of nitrogens with zero attached hydrogens (tertiary/aromatic N) is 2. The number of aliphatic hydroxyl groups excluding tert-OH is 1. The minimum atomic E-state index is -0.0450. The number of aryl methyl sites for hydroxylation is 2. The highest BCUT2D eigenvalue weighted by Crippen LogP contribution is 2.29. The minimum absolute atomic E-state index is 0.0450. The highest BCUT2D eigenvalue weighted by molar-refractivity contribution is 5.10. The Hall–Kier alpha value is -0.870. The molecule has 4 nitrogen and oxygen atoms in total. The van der Waals surface area contributed by atoms with E-state index in [0.717, 1.165) is 31.5 Å². The highest BCUT2D eigenvalue weighted by atomic mass is 16.3. The number of nitrogens with one attached hydrogen (secondary N) is 1. The van der Waals surface area contributed by atoms with Crippen molar-refractivity contribution in [3.8, 4) is 0 Å². The van der Waals surface area contributed by atoms with Gasteiger partial charge in [-0.1, -0.05) is 19.8 Å². The summed E-state index contributed by atoms with van der Waals surface area (Å²) >= 11 is 0. The zero-order valence-corrected chi connectivity index (χ0v) is 10.9. The standard InChI is InChI=1S/C13H23N3O/c1-3-11-8-12(16(2)15-11)9-14-13(10-17)6-4-5-7-13/h8,14,17H,3-7,9-10H2,1-2H3. The SMILES string of the molecule is CCc1cc(CNC2(CO)CCCC2)n(C)n1. The molecule has 0 radical (unpaired) electrons. The molecular weight excluding hydrogens is 214 g/mol. The van der Waals surface area contributed by atoms with Crippen molar-refractivity contribution < 1.29 is 5.11 Å². The lowest BCUT2D eigenvalue weighted by atomic mass is 9.99. The lowest BCUT2D eigenvalue weighted by Gasteiger charge is -2.28. The van der Waals surface area contributed by atoms with Gasteiger partial charge in [-0.2, -0.15) is 5.10 Å². The molecule has 0 bridgehead atoms. The molecule has 0 saturated heterocycles. The molecule has 96 valence electrons. The van der Waals surface area contributed by atoms with Gasteiger partial charge in [-0.05, 0) is 25.3 Å². The Balaban J connectivity index is 1.98. The van der Waals surface area contributed by atoms with E-state index in [4.69, 9.17) is 0 Å². The lowest BCUT2D eigenvalue weighted by molar-refractivity contribution is 0.162. The van der Waals surface area contributed by atoms with Crippen molar-refractivity contribution in [3.05, 3.63) is 17.5 Å². The molecule has 0 spiro atoms. The van der Waals surface area contributed by atoms with E-state index in [1.165, 1.54) is 18.5 Å². The molecule has 17 heavy (non-hydrogen) atoms. The van der Waals surface area contributed by atoms with Crippen molar-refractivity contribution in [1.29, 1.82) is 0 Å². The molecule has 1 aromatic heterocycles. The quantitative estimate of drug-likeness (QED) is 0.813. The second kappa shape index (κ2) is 5.19. The maximum absolute atomic E-state index is 9.53. The van der Waals surface area contributed by atoms with Gasteiger partial charge in [0, 0.05) is 19.1 Å². The third-order valence-corrected chi connectivity index (χ3v) is 3.90. The molecule has 0 unspecified atom stereocenters. The van der Waals surface area contributed by atoms with Gasteiger partial charge in [0.15, 0.2) is 0 Å². The molecule has 0 aliphatic heterocycles. The van der Waals surface area contributed by atoms with E-state index in [0.29, 0.717) is 0 Å². The Morgan fingerprint density at radius 3 is 2.71 bits per heavy atom. The van der Waals surface area contributed by atoms with Gasteiger partial charge in [-0.3, -0.25) is 4.68 Å². The Bertz CT molecular complexity index is 367. The number of hydrogen-bond donors (Lipinski definition) is 2. The molecule has 1 heterocycles. The van der Waals surface area contributed by atoms with E-state index >= 15 is 0 Å². The van der Waals surface area contributed by atoms with E-state index in [2.05, 4.69) is 23.4 Å². The van der Waals surface area contributed by atoms with Gasteiger partial charge in [0.25, 0.3) is 0 Å². The van der Waals surface area contributed by atoms with E-state index in [-0.39, 0.29) is 12.1 Å². The second-order valence-corrected chi connectivity index (χ2v) is 5.10. The summed E-state index contributed by atoms with van der Waals surface area (Å²) in [6.07, 6.45) is 5.58. The Morgan fingerprint density at radius 1 is 1.47 bits per heavy atom. The summed E-state index contributed by atoms with van der Waals surface area (Å²) in [6.45, 7) is 3.15. The van der Waals surface area contributed by atoms with Crippen LogP contribution < -0.4 is 5.32 Å². The van der Waals surface area contributed by atoms with Gasteiger partial charge in [0.1, 0.15) is 0 Å². The first kappa shape index (κ1) is 12.6. The largest absolute Gasteiger partial charge is 0.394 e. The fourth-order valence-electron chi connectivity index (χ4n) is 2.63. The molecule has 0 amide bonds. The van der Waals surface area contributed by atoms with Crippen LogP contribution in [0.5, 0.6) is 0 Å². The fourth-order valence-corrected chi connectivity index (χ4v) is 2.63. The molecular formula is C13H23N3O. The summed E-state index contributed by atoms with van der Waals surface area (Å²) in [5.74, 6) is 0. The summed E-state index contributed by atoms with van der Waals surface area (Å²) < 4.78 is 1.94. The molecule has 0 atom stereocenters. The molecule has 1 fully saturated rings. The first-order chi connectivity index (χ1) is 8.19. The molecule has 1 aliphatic rings. The minimum Gasteiger partial charge on any atom is -0.394 e. The normalized spacial score (nSPS) is 18.8. The topological polar surface area (TPSA) is 50.1 Å². The van der Waals surface area contributed by atoms with Gasteiger partial charge >= 0.3 is 0 Å². The van der Waals surface area contributed by atoms with Crippen LogP contribution in [0.15, 0.2) is 6.07 Å². The summed E-state index contributed by atoms with van der Waals surface area (Å²) in [5, 5.41) is 17.5. The van der Waals surface area contributed by atoms with E-state index in [1.54, 1.807) is 0 Å². The van der Waals surface area contributed by atoms with E-state index < -0.39 is 0 Å². The van der Waals surface area contributed by atoms with Crippen LogP contribution in [0.3, 0.4) is 0 Å². The molecule has 1 saturated carbocycles. The van der Waals surface area contributed by atoms with Crippen molar-refractivity contribution in [3.63, 3.8) is 0 Å². The predicted molar refractivity (Wildman–Crippen MR) is 67.7 cm³/mol. The summed E-state index contributed by atoms with van der Waals surface area (Å²) in [7, 11) is 1.98. The highest BCUT2D eigenvalue weighted by Gasteiger charge is 2.32. The number of rotatable bonds is 5. The average Bonchev–Trinajstić information content (AvgIpc) is 2.94. The van der Waals surface area contributed by atoms with Crippen molar-refractivity contribution in [1.82, 2.24) is 15.1 Å². The number of aliphatic hydroxyl groups is 1. The van der Waals surface area contributed by atoms with Gasteiger partial charge in [-0.15, -0.1) is 0 Å². The van der Waals surface area contributed by atoms with Crippen LogP contribution in [-0.2, 0) is 20.0 Å². The molecule has 2 N–H and O–H groups in total. The maximum Gasteiger partial charge on any atom is 0.0625 e. The van der Waals surface area contributed by atoms with Gasteiger partial charge in [0.05, 0.1) is 18.0 Å². The number of hydrogen-bond acceptors (Lipinski definition) is 3. The van der Waals surface area contributed by atoms with E-state index in [1.807, 2.05) is 11.7 Å². The predicted octanol–water partition coefficient (Wildman–Crippen LogP) is 1.38. The number of aromatic nitrogens is 2. The maximum atomic E-state index is 9.53. The smallest absolute Gasteiger partial charge is 0.0625 e. The molecule has 4 heteroatoms. The first-order valence-corrected chi connectivity index (χ1v) is 6.57. The summed E-state index contributed by atoms with van der Waals surface area (Å²) in [5.41, 5.74) is 2.28. The molecule has 1 aliphatic carbocycles. The Morgan fingerprint density at radius 2 is 2.18 bits per heavy atom. The lowest BCUT2D eigenvalue weighted by Crippen LogP contribution is -2.45. The molecule has 0 aromatic carbocycles. The third kappa shape index (κ3) is 2.69. The van der Waals surface area contributed by atoms with Crippen LogP contribution >= 0.6 is 0 Å². The van der Waals surface area contributed by atoms with Gasteiger partial charge in [-0.25, -0.2) is 0 Å². The summed E-state index contributed by atoms with van der Waals surface area (Å²) in [6, 6.07) is 2.15. The van der Waals surface area contributed by atoms with Crippen molar-refractivity contribution in [2.24, 2.45) is 7.05 Å². The average molecular weight is 237 g/mol. The van der Waals surface area contributed by atoms with Crippen LogP contribution in [0.1, 0.15) is 44.0 Å². The Labute approximate surface area is 103 Å². The van der Waals surface area contributed by atoms with Crippen LogP contribution in [0.4, 0.5) is 0 Å². The van der Waals surface area contributed by atoms with Crippen LogP contribution in [-0.4, -0.2) is 27.0 Å². The van der Waals surface area contributed by atoms with Crippen molar-refractivity contribution in [2.75, 3.05) is 6.61 Å². The third-order valence-electron chi connectivity index (χ3n) is 3.90. The zero-order valence-electron chi connectivity index (χ0n) is 10.9. The monoisotopic (exact) mass is 237 g/mol. The van der Waals surface area contributed by atoms with Gasteiger partial charge < -0.3 is 10.4 Å². The summed E-state index contributed by atoms with van der Waals surface area (Å²) in [4.78, 5) is 0. The molecule has 1 aromatic rings. The van der Waals surface area contributed by atoms with Crippen molar-refractivity contribution in [2.45, 2.75) is 51.1 Å². The van der Waals surface area contributed by atoms with Crippen LogP contribution in [0.25, 0.3) is 0 Å². The Kier molecular flexibility index (Phi) is 3.84. The van der Waals surface area contributed by atoms with E-state index in [9.17, 15) is 5.11 Å². The van der Waals surface area contributed by atoms with Crippen LogP contribution in [0.2, 0.25) is 0 Å². The zero-order chi connectivity index (χ0) is 12.3. The first-order valence-electron chi connectivity index (χ1n) is 6.57. The molecule has 2 rings (SSSR count). The van der Waals surface area contributed by atoms with Crippen molar-refractivity contribution >= 4 is 0 Å². The fraction of sp³-hybridized carbons (Fsp3) is 0.769.